The van der Waals surface area contributed by atoms with Gasteiger partial charge in [-0.1, -0.05) is 51.9 Å². The van der Waals surface area contributed by atoms with E-state index >= 15 is 0 Å². The molecule has 24 heavy (non-hydrogen) atoms. The number of amides is 2. The second kappa shape index (κ2) is 17.9. The number of alkyl carbamates (subject to hydrolysis) is 2. The van der Waals surface area contributed by atoms with Gasteiger partial charge in [-0.25, -0.2) is 9.59 Å². The lowest BCUT2D eigenvalue weighted by atomic mass is 10.1. The van der Waals surface area contributed by atoms with Crippen LogP contribution in [-0.4, -0.2) is 38.5 Å². The van der Waals surface area contributed by atoms with Crippen molar-refractivity contribution in [2.75, 3.05) is 26.3 Å². The number of ether oxygens (including phenoxy) is 2. The molecule has 0 aromatic carbocycles. The average Bonchev–Trinajstić information content (AvgIpc) is 2.56. The van der Waals surface area contributed by atoms with Gasteiger partial charge in [-0.2, -0.15) is 0 Å². The maximum absolute atomic E-state index is 11.5. The van der Waals surface area contributed by atoms with Crippen LogP contribution in [0, 0.1) is 0 Å². The van der Waals surface area contributed by atoms with Crippen LogP contribution >= 0.6 is 0 Å². The summed E-state index contributed by atoms with van der Waals surface area (Å²) in [6.45, 7) is 6.16. The van der Waals surface area contributed by atoms with E-state index in [-0.39, 0.29) is 12.2 Å². The lowest BCUT2D eigenvalue weighted by molar-refractivity contribution is 0.143. The lowest BCUT2D eigenvalue weighted by Gasteiger charge is -2.07. The summed E-state index contributed by atoms with van der Waals surface area (Å²) in [6.07, 6.45) is 10.3. The molecule has 2 N–H and O–H groups in total. The van der Waals surface area contributed by atoms with E-state index in [0.29, 0.717) is 26.3 Å². The Bertz CT molecular complexity index is 311. The zero-order valence-electron chi connectivity index (χ0n) is 15.5. The monoisotopic (exact) mass is 344 g/mol. The normalized spacial score (nSPS) is 10.2. The number of hydrogen-bond donors (Lipinski definition) is 2. The van der Waals surface area contributed by atoms with Crippen molar-refractivity contribution in [1.29, 1.82) is 0 Å². The van der Waals surface area contributed by atoms with E-state index < -0.39 is 0 Å². The fourth-order valence-corrected chi connectivity index (χ4v) is 2.26. The highest BCUT2D eigenvalue weighted by Crippen LogP contribution is 2.05. The predicted molar refractivity (Wildman–Crippen MR) is 96.2 cm³/mol. The highest BCUT2D eigenvalue weighted by Gasteiger charge is 2.01. The van der Waals surface area contributed by atoms with Crippen molar-refractivity contribution in [2.24, 2.45) is 0 Å². The molecule has 6 heteroatoms. The molecule has 0 aromatic rings. The van der Waals surface area contributed by atoms with Gasteiger partial charge in [-0.15, -0.1) is 0 Å². The second-order valence-corrected chi connectivity index (χ2v) is 5.89. The summed E-state index contributed by atoms with van der Waals surface area (Å²) in [6, 6.07) is 0. The van der Waals surface area contributed by atoms with Crippen LogP contribution in [-0.2, 0) is 9.47 Å². The molecule has 0 atom stereocenters. The van der Waals surface area contributed by atoms with E-state index in [2.05, 4.69) is 17.6 Å². The second-order valence-electron chi connectivity index (χ2n) is 5.89. The van der Waals surface area contributed by atoms with E-state index in [1.54, 1.807) is 6.92 Å². The fraction of sp³-hybridized carbons (Fsp3) is 0.889. The van der Waals surface area contributed by atoms with Crippen molar-refractivity contribution in [1.82, 2.24) is 10.6 Å². The van der Waals surface area contributed by atoms with Crippen LogP contribution < -0.4 is 10.6 Å². The molecule has 0 heterocycles. The van der Waals surface area contributed by atoms with E-state index in [0.717, 1.165) is 38.5 Å². The molecule has 0 aromatic heterocycles. The maximum atomic E-state index is 11.5. The largest absolute Gasteiger partial charge is 0.450 e. The Morgan fingerprint density at radius 2 is 1.17 bits per heavy atom. The average molecular weight is 344 g/mol. The summed E-state index contributed by atoms with van der Waals surface area (Å²) in [5.41, 5.74) is 0. The number of carbonyl (C=O) groups is 2. The molecular formula is C18H36N2O4. The minimum atomic E-state index is -0.354. The van der Waals surface area contributed by atoms with Gasteiger partial charge in [-0.05, 0) is 26.2 Å². The molecule has 0 fully saturated rings. The molecule has 0 spiro atoms. The standard InChI is InChI=1S/C18H36N2O4/c1-3-5-6-7-10-13-16-24-18(22)20-15-12-9-8-11-14-19-17(21)23-4-2/h3-16H2,1-2H3,(H,19,21)(H,20,22). The molecule has 0 rings (SSSR count). The van der Waals surface area contributed by atoms with Crippen molar-refractivity contribution in [3.63, 3.8) is 0 Å². The molecule has 0 radical (unpaired) electrons. The Morgan fingerprint density at radius 3 is 1.75 bits per heavy atom. The molecule has 0 unspecified atom stereocenters. The molecule has 0 aliphatic carbocycles. The first-order valence-electron chi connectivity index (χ1n) is 9.52. The number of unbranched alkanes of at least 4 members (excludes halogenated alkanes) is 8. The molecule has 0 aliphatic heterocycles. The smallest absolute Gasteiger partial charge is 0.407 e. The molecule has 142 valence electrons. The third-order valence-corrected chi connectivity index (χ3v) is 3.65. The van der Waals surface area contributed by atoms with E-state index in [1.165, 1.54) is 25.7 Å². The van der Waals surface area contributed by atoms with Crippen molar-refractivity contribution < 1.29 is 19.1 Å². The van der Waals surface area contributed by atoms with Gasteiger partial charge in [0.2, 0.25) is 0 Å². The summed E-state index contributed by atoms with van der Waals surface area (Å²) in [5.74, 6) is 0. The Balaban J connectivity index is 3.22. The SMILES string of the molecule is CCCCCCCCOC(=O)NCCCCCCNC(=O)OCC. The first kappa shape index (κ1) is 22.5. The van der Waals surface area contributed by atoms with Gasteiger partial charge >= 0.3 is 12.2 Å². The van der Waals surface area contributed by atoms with Crippen LogP contribution in [0.2, 0.25) is 0 Å². The topological polar surface area (TPSA) is 76.7 Å². The fourth-order valence-electron chi connectivity index (χ4n) is 2.26. The first-order valence-corrected chi connectivity index (χ1v) is 9.52. The summed E-state index contributed by atoms with van der Waals surface area (Å²) in [7, 11) is 0. The zero-order valence-corrected chi connectivity index (χ0v) is 15.5. The van der Waals surface area contributed by atoms with Gasteiger partial charge < -0.3 is 20.1 Å². The van der Waals surface area contributed by atoms with Crippen LogP contribution in [0.25, 0.3) is 0 Å². The van der Waals surface area contributed by atoms with Crippen LogP contribution in [0.1, 0.15) is 78.1 Å². The Kier molecular flexibility index (Phi) is 16.8. The predicted octanol–water partition coefficient (Wildman–Crippen LogP) is 4.38. The minimum absolute atomic E-state index is 0.312. The number of carbonyl (C=O) groups excluding carboxylic acids is 2. The summed E-state index contributed by atoms with van der Waals surface area (Å²) in [4.78, 5) is 22.5. The van der Waals surface area contributed by atoms with Gasteiger partial charge in [0.15, 0.2) is 0 Å². The van der Waals surface area contributed by atoms with E-state index in [4.69, 9.17) is 9.47 Å². The molecule has 2 amide bonds. The Hall–Kier alpha value is -1.46. The van der Waals surface area contributed by atoms with Gasteiger partial charge in [-0.3, -0.25) is 0 Å². The highest BCUT2D eigenvalue weighted by atomic mass is 16.6. The van der Waals surface area contributed by atoms with Gasteiger partial charge in [0, 0.05) is 13.1 Å². The van der Waals surface area contributed by atoms with E-state index in [9.17, 15) is 9.59 Å². The molecule has 6 nitrogen and oxygen atoms in total. The van der Waals surface area contributed by atoms with Crippen molar-refractivity contribution in [2.45, 2.75) is 78.1 Å². The molecule has 0 saturated carbocycles. The molecule has 0 aliphatic rings. The zero-order chi connectivity index (χ0) is 17.9. The van der Waals surface area contributed by atoms with Crippen molar-refractivity contribution >= 4 is 12.2 Å². The number of rotatable bonds is 15. The Labute approximate surface area is 147 Å². The summed E-state index contributed by atoms with van der Waals surface area (Å²) >= 11 is 0. The van der Waals surface area contributed by atoms with Gasteiger partial charge in [0.25, 0.3) is 0 Å². The van der Waals surface area contributed by atoms with Gasteiger partial charge in [0.05, 0.1) is 13.2 Å². The van der Waals surface area contributed by atoms with Crippen LogP contribution in [0.5, 0.6) is 0 Å². The molecule has 0 bridgehead atoms. The molecular weight excluding hydrogens is 308 g/mol. The highest BCUT2D eigenvalue weighted by molar-refractivity contribution is 5.67. The Morgan fingerprint density at radius 1 is 0.667 bits per heavy atom. The minimum Gasteiger partial charge on any atom is -0.450 e. The van der Waals surface area contributed by atoms with Gasteiger partial charge in [0.1, 0.15) is 0 Å². The third kappa shape index (κ3) is 16.9. The third-order valence-electron chi connectivity index (χ3n) is 3.65. The molecule has 0 saturated heterocycles. The van der Waals surface area contributed by atoms with E-state index in [1.807, 2.05) is 0 Å². The summed E-state index contributed by atoms with van der Waals surface area (Å²) in [5, 5.41) is 5.46. The summed E-state index contributed by atoms with van der Waals surface area (Å²) < 4.78 is 9.90. The van der Waals surface area contributed by atoms with Crippen LogP contribution in [0.15, 0.2) is 0 Å². The van der Waals surface area contributed by atoms with Crippen LogP contribution in [0.3, 0.4) is 0 Å². The first-order chi connectivity index (χ1) is 11.7. The number of hydrogen-bond acceptors (Lipinski definition) is 4. The maximum Gasteiger partial charge on any atom is 0.407 e. The van der Waals surface area contributed by atoms with Crippen LogP contribution in [0.4, 0.5) is 9.59 Å². The number of nitrogens with one attached hydrogen (secondary N) is 2. The van der Waals surface area contributed by atoms with Crippen molar-refractivity contribution in [3.05, 3.63) is 0 Å². The lowest BCUT2D eigenvalue weighted by Crippen LogP contribution is -2.26. The quantitative estimate of drug-likeness (QED) is 0.432. The van der Waals surface area contributed by atoms with Crippen molar-refractivity contribution in [3.8, 4) is 0 Å².